The van der Waals surface area contributed by atoms with Gasteiger partial charge in [0, 0.05) is 61.7 Å². The maximum absolute atomic E-state index is 13.6. The predicted octanol–water partition coefficient (Wildman–Crippen LogP) is 29.8. The molecule has 0 unspecified atom stereocenters. The molecule has 20 aliphatic carbocycles. The summed E-state index contributed by atoms with van der Waals surface area (Å²) < 4.78 is 22.0. The van der Waals surface area contributed by atoms with E-state index in [1.54, 1.807) is 33.1 Å². The topological polar surface area (TPSA) is 248 Å². The number of aliphatic carboxylic acids is 2. The third-order valence-electron chi connectivity index (χ3n) is 48.0. The van der Waals surface area contributed by atoms with Crippen LogP contribution in [0.2, 0.25) is 0 Å². The molecule has 0 aliphatic heterocycles. The van der Waals surface area contributed by atoms with Crippen LogP contribution >= 0.6 is 0 Å². The van der Waals surface area contributed by atoms with Crippen LogP contribution in [0.5, 0.6) is 0 Å². The summed E-state index contributed by atoms with van der Waals surface area (Å²) in [7, 11) is 1.57. The van der Waals surface area contributed by atoms with Crippen LogP contribution in [0.25, 0.3) is 0 Å². The van der Waals surface area contributed by atoms with Crippen LogP contribution in [0.4, 0.5) is 0 Å². The summed E-state index contributed by atoms with van der Waals surface area (Å²) in [5.74, 6) is 1.29. The number of carboxylic acid groups (broad SMARTS) is 2. The predicted molar refractivity (Wildman–Crippen MR) is 574 cm³/mol. The zero-order valence-corrected chi connectivity index (χ0v) is 92.8. The van der Waals surface area contributed by atoms with Gasteiger partial charge in [0.1, 0.15) is 18.2 Å². The molecule has 20 aliphatic rings. The maximum atomic E-state index is 13.6. The highest BCUT2D eigenvalue weighted by Crippen LogP contribution is 2.82. The lowest BCUT2D eigenvalue weighted by molar-refractivity contribution is -0.178. The van der Waals surface area contributed by atoms with Gasteiger partial charge < -0.3 is 29.2 Å². The van der Waals surface area contributed by atoms with E-state index in [0.29, 0.717) is 59.8 Å². The second kappa shape index (κ2) is 35.3. The van der Waals surface area contributed by atoms with Crippen molar-refractivity contribution in [2.45, 2.75) is 381 Å². The van der Waals surface area contributed by atoms with E-state index in [1.807, 2.05) is 84.0 Å². The number of Topliss-reactive ketones (excluding diaryl/α,β-unsaturated/α-hetero) is 2. The van der Waals surface area contributed by atoms with Crippen molar-refractivity contribution in [2.75, 3.05) is 7.11 Å². The Kier molecular flexibility index (Phi) is 26.1. The van der Waals surface area contributed by atoms with Crippen LogP contribution in [0.1, 0.15) is 380 Å². The molecule has 0 radical (unpaired) electrons. The minimum atomic E-state index is -0.673. The molecular weight excluding hydrogens is 1820 g/mol. The van der Waals surface area contributed by atoms with Crippen molar-refractivity contribution >= 4 is 59.1 Å². The summed E-state index contributed by atoms with van der Waals surface area (Å²) in [4.78, 5) is 125. The third-order valence-corrected chi connectivity index (χ3v) is 48.0. The number of rotatable bonds is 11. The Balaban J connectivity index is 0.000000133. The first-order valence-corrected chi connectivity index (χ1v) is 55.0. The zero-order valence-electron chi connectivity index (χ0n) is 92.8. The van der Waals surface area contributed by atoms with E-state index >= 15 is 0 Å². The van der Waals surface area contributed by atoms with E-state index < -0.39 is 28.7 Å². The molecular formula is C130H170O16. The number of carbonyl (C=O) groups is 10. The molecule has 21 rings (SSSR count). The number of allylic oxidation sites excluding steroid dienone is 28. The van der Waals surface area contributed by atoms with E-state index in [0.717, 1.165) is 227 Å². The number of carboxylic acids is 2. The third kappa shape index (κ3) is 15.3. The highest BCUT2D eigenvalue weighted by atomic mass is 16.5. The summed E-state index contributed by atoms with van der Waals surface area (Å²) in [5.41, 5.74) is 17.2. The van der Waals surface area contributed by atoms with Gasteiger partial charge in [0.2, 0.25) is 23.1 Å². The van der Waals surface area contributed by atoms with Gasteiger partial charge in [0.15, 0.2) is 23.0 Å². The average molecular weight is 1990 g/mol. The minimum Gasteiger partial charge on any atom is -0.492 e. The number of fused-ring (bicyclic) bond motifs is 28. The summed E-state index contributed by atoms with van der Waals surface area (Å²) in [6.07, 6.45) is 53.7. The summed E-state index contributed by atoms with van der Waals surface area (Å²) in [5, 5.41) is 20.2. The first-order chi connectivity index (χ1) is 67.4. The number of benzene rings is 1. The fourth-order valence-corrected chi connectivity index (χ4v) is 36.5. The van der Waals surface area contributed by atoms with Crippen LogP contribution in [-0.4, -0.2) is 76.4 Å². The molecule has 0 heterocycles. The van der Waals surface area contributed by atoms with Crippen LogP contribution in [0.3, 0.4) is 0 Å². The van der Waals surface area contributed by atoms with Crippen molar-refractivity contribution in [2.24, 2.45) is 132 Å². The number of ether oxygens (including phenoxy) is 4. The number of methoxy groups -OCH3 is 1. The van der Waals surface area contributed by atoms with Gasteiger partial charge in [-0.1, -0.05) is 233 Å². The number of carbonyl (C=O) groups excluding carboxylic acids is 8. The highest BCUT2D eigenvalue weighted by Gasteiger charge is 2.74. The lowest BCUT2D eigenvalue weighted by Crippen LogP contribution is -2.62. The number of ketones is 6. The van der Waals surface area contributed by atoms with E-state index in [1.165, 1.54) is 54.1 Å². The number of esters is 1. The molecule has 786 valence electrons. The van der Waals surface area contributed by atoms with Gasteiger partial charge in [-0.15, -0.1) is 0 Å². The minimum absolute atomic E-state index is 0. The van der Waals surface area contributed by atoms with E-state index in [2.05, 4.69) is 173 Å². The standard InChI is InChI=1S/C37H46O3.C31H40O5.C31H40O4.C30H40O4.CH4/c1-24-27-13-14-30-35(5,28(27)21-29(39)32(24)40-23-26-11-9-8-10-12-26)18-20-37(7)31-22-34(4,25(2)38)16-15-33(31,3)17-19-36(30,37)6;1-18-20-8-9-23-29(5,21(20)16-22(33)25(18)36-19(2)32)13-15-31(7)24-17-28(4,26(34)35)11-10-27(24,3)12-14-30(23,31)6;1-19-21-8-9-24-29(5,22(21)16-23(34)26(19)35-18-32)13-15-31(7)25-17-28(4,20(2)33)11-10-27(25,3)12-14-30(24,31)6;1-18-19-8-9-22-28(4,20(19)16-21(31)24(18)34-7)13-15-30(6)23-17-27(3,25(32)33)11-10-26(23,2)12-14-29(22,30)5;/h8-14,21,31H,15-20,22-23H2,1-7H3;8-9,16,24H,10-15,17H2,1-7H3,(H,34,35);8-9,16,18,25H,10-15,17H2,1-7H3;8-9,16,23H,10-15,17H2,1-7H3,(H,32,33);1H4/t31-,33-,34-,35+,36-,37+;24-,27-,28-,29+,30-,31+;25-,27-,28-,29+,30-,31+;23-,26-,27-,28+,29-,30+;/m1111./s1. The van der Waals surface area contributed by atoms with Gasteiger partial charge in [-0.3, -0.25) is 47.9 Å². The van der Waals surface area contributed by atoms with Gasteiger partial charge in [0.25, 0.3) is 6.47 Å². The van der Waals surface area contributed by atoms with Crippen molar-refractivity contribution in [1.82, 2.24) is 0 Å². The molecule has 1 aromatic carbocycles. The molecule has 146 heavy (non-hydrogen) atoms. The Morgan fingerprint density at radius 3 is 0.884 bits per heavy atom. The van der Waals surface area contributed by atoms with Crippen LogP contribution in [0.15, 0.2) is 215 Å². The van der Waals surface area contributed by atoms with E-state index in [4.69, 9.17) is 18.9 Å². The Morgan fingerprint density at radius 1 is 0.336 bits per heavy atom. The normalized spacial score (nSPS) is 43.2. The Labute approximate surface area is 871 Å². The molecule has 0 spiro atoms. The molecule has 12 fully saturated rings. The van der Waals surface area contributed by atoms with Crippen molar-refractivity contribution in [3.05, 3.63) is 221 Å². The van der Waals surface area contributed by atoms with Crippen molar-refractivity contribution in [3.63, 3.8) is 0 Å². The second-order valence-corrected chi connectivity index (χ2v) is 54.9. The second-order valence-electron chi connectivity index (χ2n) is 54.9. The summed E-state index contributed by atoms with van der Waals surface area (Å²) in [6, 6.07) is 10.0. The lowest BCUT2D eigenvalue weighted by atomic mass is 9.34. The van der Waals surface area contributed by atoms with Crippen LogP contribution in [0, 0.1) is 132 Å². The van der Waals surface area contributed by atoms with Crippen molar-refractivity contribution in [1.29, 1.82) is 0 Å². The Morgan fingerprint density at radius 2 is 0.596 bits per heavy atom. The molecule has 1 aromatic rings. The molecule has 0 saturated heterocycles. The first kappa shape index (κ1) is 108. The Bertz CT molecular complexity index is 6430. The van der Waals surface area contributed by atoms with E-state index in [9.17, 15) is 58.2 Å². The molecule has 16 nitrogen and oxygen atoms in total. The molecule has 0 bridgehead atoms. The molecule has 0 amide bonds. The average Bonchev–Trinajstić information content (AvgIpc) is 0.685. The highest BCUT2D eigenvalue weighted by molar-refractivity contribution is 6.10. The SMILES string of the molecule is C.CC(=O)OC1=C(C)C2=CC=C3[C@@](C)(CC[C@@]4(C)[C@@H]5C[C@](C)(C(=O)O)CC[C@]5(C)CC[C@]34C)C2=CC1=O.CC(=O)[C@]1(C)CC[C@]2(C)CC[C@]3(C)C4=CC=C5C(=CC(=O)C(OC=O)=C5C)[C@]4(C)CC[C@@]3(C)[C@@H]2C1.CC(=O)[C@]1(C)CC[C@]2(C)CC[C@]3(C)C4=CC=C5C(=CC(=O)C(OCc6ccccc6)=C5C)[C@]4(C)CC[C@@]3(C)[C@@H]2C1.COC1=C(C)C2=CC=C3[C@@](C)(CC[C@@]4(C)[C@@H]5C[C@](C)(C(=O)O)CC[C@]5(C)CC[C@]34C)C2=CC1=O. The molecule has 24 atom stereocenters. The van der Waals surface area contributed by atoms with E-state index in [-0.39, 0.29) is 140 Å². The smallest absolute Gasteiger partial charge is 0.309 e. The lowest BCUT2D eigenvalue weighted by Gasteiger charge is -2.70. The fraction of sp³-hybridized carbons (Fsp3) is 0.631. The fourth-order valence-electron chi connectivity index (χ4n) is 36.5. The van der Waals surface area contributed by atoms with Crippen LogP contribution in [-0.2, 0) is 73.5 Å². The summed E-state index contributed by atoms with van der Waals surface area (Å²) in [6.45, 7) is 60.6. The van der Waals surface area contributed by atoms with Gasteiger partial charge in [-0.25, -0.2) is 0 Å². The molecule has 16 heteroatoms. The molecule has 2 N–H and O–H groups in total. The van der Waals surface area contributed by atoms with Crippen LogP contribution < -0.4 is 0 Å². The number of hydrogen-bond acceptors (Lipinski definition) is 14. The van der Waals surface area contributed by atoms with Gasteiger partial charge in [-0.2, -0.15) is 0 Å². The zero-order chi connectivity index (χ0) is 106. The van der Waals surface area contributed by atoms with Crippen molar-refractivity contribution < 1.29 is 77.1 Å². The summed E-state index contributed by atoms with van der Waals surface area (Å²) >= 11 is 0. The monoisotopic (exact) mass is 1990 g/mol. The quantitative estimate of drug-likeness (QED) is 0.154. The maximum Gasteiger partial charge on any atom is 0.309 e. The van der Waals surface area contributed by atoms with Crippen molar-refractivity contribution in [3.8, 4) is 0 Å². The number of hydrogen-bond donors (Lipinski definition) is 2. The largest absolute Gasteiger partial charge is 0.492 e. The van der Waals surface area contributed by atoms with Gasteiger partial charge in [-0.05, 0) is 398 Å². The van der Waals surface area contributed by atoms with Gasteiger partial charge >= 0.3 is 17.9 Å². The first-order valence-electron chi connectivity index (χ1n) is 55.0. The van der Waals surface area contributed by atoms with Gasteiger partial charge in [0.05, 0.1) is 17.9 Å². The Hall–Kier alpha value is -9.44. The molecule has 0 aromatic heterocycles. The molecule has 12 saturated carbocycles.